The van der Waals surface area contributed by atoms with Gasteiger partial charge in [-0.25, -0.2) is 9.18 Å². The topological polar surface area (TPSA) is 32.8 Å². The molecule has 1 saturated heterocycles. The van der Waals surface area contributed by atoms with Crippen molar-refractivity contribution in [3.8, 4) is 0 Å². The van der Waals surface area contributed by atoms with Gasteiger partial charge in [0.1, 0.15) is 11.5 Å². The summed E-state index contributed by atoms with van der Waals surface area (Å²) >= 11 is 0. The lowest BCUT2D eigenvalue weighted by atomic mass is 10.2. The van der Waals surface area contributed by atoms with Crippen molar-refractivity contribution in [1.82, 2.24) is 4.90 Å². The summed E-state index contributed by atoms with van der Waals surface area (Å²) in [5, 5.41) is 0. The fourth-order valence-electron chi connectivity index (χ4n) is 2.23. The summed E-state index contributed by atoms with van der Waals surface area (Å²) in [5.74, 6) is -0.592. The van der Waals surface area contributed by atoms with Crippen molar-refractivity contribution in [1.29, 1.82) is 0 Å². The molecule has 1 aliphatic rings. The fraction of sp³-hybridized carbons (Fsp3) is 0.400. The van der Waals surface area contributed by atoms with E-state index in [2.05, 4.69) is 11.5 Å². The zero-order chi connectivity index (χ0) is 14.5. The van der Waals surface area contributed by atoms with Crippen molar-refractivity contribution in [2.75, 3.05) is 37.7 Å². The van der Waals surface area contributed by atoms with Crippen LogP contribution in [0, 0.1) is 5.82 Å². The first-order valence-electron chi connectivity index (χ1n) is 6.73. The Bertz CT molecular complexity index is 479. The molecule has 1 aromatic rings. The third-order valence-corrected chi connectivity index (χ3v) is 3.36. The van der Waals surface area contributed by atoms with Gasteiger partial charge in [-0.15, -0.1) is 0 Å². The summed E-state index contributed by atoms with van der Waals surface area (Å²) in [6.45, 7) is 8.86. The van der Waals surface area contributed by atoms with Crippen molar-refractivity contribution in [2.45, 2.75) is 6.92 Å². The third-order valence-electron chi connectivity index (χ3n) is 3.36. The molecule has 1 fully saturated rings. The molecule has 108 valence electrons. The predicted octanol–water partition coefficient (Wildman–Crippen LogP) is 2.02. The Morgan fingerprint density at radius 3 is 2.40 bits per heavy atom. The Labute approximate surface area is 118 Å². The number of hydrogen-bond donors (Lipinski definition) is 0. The molecule has 5 heteroatoms. The van der Waals surface area contributed by atoms with Gasteiger partial charge in [0, 0.05) is 31.9 Å². The monoisotopic (exact) mass is 278 g/mol. The van der Waals surface area contributed by atoms with E-state index in [0.29, 0.717) is 25.4 Å². The summed E-state index contributed by atoms with van der Waals surface area (Å²) in [7, 11) is 0. The van der Waals surface area contributed by atoms with Crippen LogP contribution in [0.1, 0.15) is 6.92 Å². The summed E-state index contributed by atoms with van der Waals surface area (Å²) in [5.41, 5.74) is 1.40. The predicted molar refractivity (Wildman–Crippen MR) is 76.0 cm³/mol. The van der Waals surface area contributed by atoms with Gasteiger partial charge in [-0.1, -0.05) is 6.58 Å². The molecule has 1 heterocycles. The highest BCUT2D eigenvalue weighted by atomic mass is 19.1. The van der Waals surface area contributed by atoms with Crippen LogP contribution in [0.2, 0.25) is 0 Å². The largest absolute Gasteiger partial charge is 0.461 e. The number of hydrogen-bond acceptors (Lipinski definition) is 4. The number of piperazine rings is 1. The van der Waals surface area contributed by atoms with Crippen molar-refractivity contribution in [3.05, 3.63) is 42.4 Å². The minimum Gasteiger partial charge on any atom is -0.461 e. The molecular formula is C15H19FN2O2. The van der Waals surface area contributed by atoms with Crippen LogP contribution in [0.15, 0.2) is 36.5 Å². The first kappa shape index (κ1) is 14.4. The van der Waals surface area contributed by atoms with Gasteiger partial charge in [-0.2, -0.15) is 0 Å². The molecule has 1 aromatic carbocycles. The van der Waals surface area contributed by atoms with Gasteiger partial charge in [0.05, 0.1) is 6.61 Å². The quantitative estimate of drug-likeness (QED) is 0.623. The van der Waals surface area contributed by atoms with Crippen LogP contribution < -0.4 is 4.90 Å². The summed E-state index contributed by atoms with van der Waals surface area (Å²) < 4.78 is 17.8. The molecule has 0 unspecified atom stereocenters. The maximum absolute atomic E-state index is 12.9. The molecular weight excluding hydrogens is 259 g/mol. The molecule has 0 atom stereocenters. The number of halogens is 1. The minimum atomic E-state index is -0.359. The first-order chi connectivity index (χ1) is 9.61. The van der Waals surface area contributed by atoms with Crippen molar-refractivity contribution >= 4 is 11.7 Å². The number of esters is 1. The van der Waals surface area contributed by atoms with E-state index in [0.717, 1.165) is 18.8 Å². The van der Waals surface area contributed by atoms with E-state index in [-0.39, 0.29) is 11.8 Å². The lowest BCUT2D eigenvalue weighted by molar-refractivity contribution is -0.140. The van der Waals surface area contributed by atoms with E-state index < -0.39 is 0 Å². The number of nitrogens with zero attached hydrogens (tertiary/aromatic N) is 2. The van der Waals surface area contributed by atoms with Gasteiger partial charge in [-0.3, -0.25) is 0 Å². The Balaban J connectivity index is 1.90. The molecule has 0 aliphatic carbocycles. The fourth-order valence-corrected chi connectivity index (χ4v) is 2.23. The molecule has 1 aliphatic heterocycles. The number of carbonyl (C=O) groups is 1. The van der Waals surface area contributed by atoms with E-state index in [9.17, 15) is 9.18 Å². The maximum atomic E-state index is 12.9. The molecule has 0 N–H and O–H groups in total. The third kappa shape index (κ3) is 3.29. The van der Waals surface area contributed by atoms with E-state index in [1.807, 2.05) is 4.90 Å². The van der Waals surface area contributed by atoms with Crippen molar-refractivity contribution in [2.24, 2.45) is 0 Å². The van der Waals surface area contributed by atoms with E-state index in [1.54, 1.807) is 19.1 Å². The second-order valence-corrected chi connectivity index (χ2v) is 4.62. The van der Waals surface area contributed by atoms with Gasteiger partial charge in [-0.05, 0) is 31.2 Å². The van der Waals surface area contributed by atoms with Gasteiger partial charge in [0.15, 0.2) is 0 Å². The molecule has 4 nitrogen and oxygen atoms in total. The minimum absolute atomic E-state index is 0.233. The number of anilines is 1. The Hall–Kier alpha value is -2.04. The number of ether oxygens (including phenoxy) is 1. The lowest BCUT2D eigenvalue weighted by Crippen LogP contribution is -2.47. The zero-order valence-corrected chi connectivity index (χ0v) is 11.6. The number of carbonyl (C=O) groups excluding carboxylic acids is 1. The Kier molecular flexibility index (Phi) is 4.61. The molecule has 0 spiro atoms. The molecule has 0 amide bonds. The average Bonchev–Trinajstić information content (AvgIpc) is 2.48. The molecule has 2 rings (SSSR count). The average molecular weight is 278 g/mol. The first-order valence-corrected chi connectivity index (χ1v) is 6.73. The second-order valence-electron chi connectivity index (χ2n) is 4.62. The smallest absolute Gasteiger partial charge is 0.353 e. The normalized spacial score (nSPS) is 15.1. The zero-order valence-electron chi connectivity index (χ0n) is 11.6. The second kappa shape index (κ2) is 6.41. The van der Waals surface area contributed by atoms with E-state index in [4.69, 9.17) is 4.74 Å². The summed E-state index contributed by atoms with van der Waals surface area (Å²) in [6, 6.07) is 6.45. The van der Waals surface area contributed by atoms with Crippen LogP contribution in [0.5, 0.6) is 0 Å². The SMILES string of the molecule is C=C(C(=O)OCC)N1CCN(c2ccc(F)cc2)CC1. The van der Waals surface area contributed by atoms with Crippen LogP contribution in [0.4, 0.5) is 10.1 Å². The molecule has 0 aromatic heterocycles. The highest BCUT2D eigenvalue weighted by molar-refractivity contribution is 5.87. The van der Waals surface area contributed by atoms with Gasteiger partial charge in [0.25, 0.3) is 0 Å². The Morgan fingerprint density at radius 1 is 1.25 bits per heavy atom. The highest BCUT2D eigenvalue weighted by Crippen LogP contribution is 2.18. The van der Waals surface area contributed by atoms with Crippen LogP contribution in [0.3, 0.4) is 0 Å². The van der Waals surface area contributed by atoms with Crippen LogP contribution in [0.25, 0.3) is 0 Å². The van der Waals surface area contributed by atoms with E-state index in [1.165, 1.54) is 12.1 Å². The molecule has 0 radical (unpaired) electrons. The van der Waals surface area contributed by atoms with Crippen LogP contribution in [-0.2, 0) is 9.53 Å². The van der Waals surface area contributed by atoms with Crippen molar-refractivity contribution in [3.63, 3.8) is 0 Å². The standard InChI is InChI=1S/C15H19FN2O2/c1-3-20-15(19)12(2)17-8-10-18(11-9-17)14-6-4-13(16)5-7-14/h4-7H,2-3,8-11H2,1H3. The maximum Gasteiger partial charge on any atom is 0.353 e. The van der Waals surface area contributed by atoms with Crippen LogP contribution >= 0.6 is 0 Å². The van der Waals surface area contributed by atoms with Crippen LogP contribution in [-0.4, -0.2) is 43.7 Å². The number of rotatable bonds is 4. The van der Waals surface area contributed by atoms with Crippen molar-refractivity contribution < 1.29 is 13.9 Å². The van der Waals surface area contributed by atoms with Gasteiger partial charge in [0.2, 0.25) is 0 Å². The summed E-state index contributed by atoms with van der Waals surface area (Å²) in [6.07, 6.45) is 0. The van der Waals surface area contributed by atoms with Gasteiger partial charge >= 0.3 is 5.97 Å². The van der Waals surface area contributed by atoms with Gasteiger partial charge < -0.3 is 14.5 Å². The molecule has 0 saturated carbocycles. The Morgan fingerprint density at radius 2 is 1.85 bits per heavy atom. The van der Waals surface area contributed by atoms with E-state index >= 15 is 0 Å². The summed E-state index contributed by atoms with van der Waals surface area (Å²) in [4.78, 5) is 15.7. The number of benzene rings is 1. The highest BCUT2D eigenvalue weighted by Gasteiger charge is 2.22. The lowest BCUT2D eigenvalue weighted by Gasteiger charge is -2.37. The molecule has 0 bridgehead atoms. The molecule has 20 heavy (non-hydrogen) atoms.